The molecule has 2 N–H and O–H groups in total. The zero-order valence-electron chi connectivity index (χ0n) is 23.6. The van der Waals surface area contributed by atoms with Gasteiger partial charge in [-0.1, -0.05) is 48.0 Å². The van der Waals surface area contributed by atoms with Crippen LogP contribution in [0.15, 0.2) is 96.3 Å². The fraction of sp³-hybridized carbons (Fsp3) is 0.267. The van der Waals surface area contributed by atoms with Crippen LogP contribution in [-0.2, 0) is 41.8 Å². The number of carbonyl (C=O) groups is 1. The Bertz CT molecular complexity index is 1750. The van der Waals surface area contributed by atoms with Crippen molar-refractivity contribution in [1.29, 1.82) is 0 Å². The number of imidazole rings is 1. The molecule has 4 aromatic rings. The summed E-state index contributed by atoms with van der Waals surface area (Å²) >= 11 is 0. The number of morpholine rings is 1. The molecular weight excluding hydrogens is 590 g/mol. The maximum absolute atomic E-state index is 13.5. The number of anilines is 2. The van der Waals surface area contributed by atoms with Gasteiger partial charge in [-0.2, -0.15) is 4.72 Å². The number of ether oxygens (including phenoxy) is 1. The predicted molar refractivity (Wildman–Crippen MR) is 164 cm³/mol. The lowest BCUT2D eigenvalue weighted by Gasteiger charge is -2.29. The van der Waals surface area contributed by atoms with Crippen molar-refractivity contribution in [3.8, 4) is 0 Å². The molecule has 13 heteroatoms. The Morgan fingerprint density at radius 2 is 1.60 bits per heavy atom. The van der Waals surface area contributed by atoms with Gasteiger partial charge in [0, 0.05) is 37.1 Å². The first-order valence-electron chi connectivity index (χ1n) is 13.7. The normalized spacial score (nSPS) is 14.8. The average molecular weight is 624 g/mol. The molecule has 1 atom stereocenters. The summed E-state index contributed by atoms with van der Waals surface area (Å²) in [6, 6.07) is 21.0. The van der Waals surface area contributed by atoms with Crippen LogP contribution < -0.4 is 14.9 Å². The summed E-state index contributed by atoms with van der Waals surface area (Å²) in [6.07, 6.45) is 2.27. The van der Waals surface area contributed by atoms with Gasteiger partial charge in [0.2, 0.25) is 26.0 Å². The number of aryl methyl sites for hydroxylation is 1. The fourth-order valence-corrected chi connectivity index (χ4v) is 7.07. The monoisotopic (exact) mass is 623 g/mol. The Kier molecular flexibility index (Phi) is 9.25. The number of nitrogens with one attached hydrogen (secondary N) is 2. The summed E-state index contributed by atoms with van der Waals surface area (Å²) in [7, 11) is -7.89. The van der Waals surface area contributed by atoms with Crippen LogP contribution in [0, 0.1) is 6.92 Å². The SMILES string of the molecule is Cc1ccc(S(=O)(=O)N[C@@H](Cc2cn(S(=O)(=O)Cc3ccccc3)cn2)C(=O)Nc2ccc(N3CCOCC3)cc2)cc1. The summed E-state index contributed by atoms with van der Waals surface area (Å²) in [4.78, 5) is 19.9. The third kappa shape index (κ3) is 7.87. The maximum Gasteiger partial charge on any atom is 0.243 e. The van der Waals surface area contributed by atoms with Crippen molar-refractivity contribution in [2.45, 2.75) is 30.0 Å². The maximum atomic E-state index is 13.5. The number of carbonyl (C=O) groups excluding carboxylic acids is 1. The molecule has 0 aliphatic carbocycles. The number of rotatable bonds is 11. The quantitative estimate of drug-likeness (QED) is 0.260. The highest BCUT2D eigenvalue weighted by molar-refractivity contribution is 7.89. The molecule has 1 aliphatic rings. The first kappa shape index (κ1) is 30.4. The van der Waals surface area contributed by atoms with Gasteiger partial charge in [-0.25, -0.2) is 25.8 Å². The van der Waals surface area contributed by atoms with Gasteiger partial charge in [-0.3, -0.25) is 4.79 Å². The van der Waals surface area contributed by atoms with E-state index in [0.717, 1.165) is 34.6 Å². The molecule has 1 saturated heterocycles. The smallest absolute Gasteiger partial charge is 0.243 e. The van der Waals surface area contributed by atoms with Crippen LogP contribution >= 0.6 is 0 Å². The van der Waals surface area contributed by atoms with Gasteiger partial charge < -0.3 is 15.0 Å². The van der Waals surface area contributed by atoms with Crippen LogP contribution in [-0.4, -0.2) is 64.0 Å². The van der Waals surface area contributed by atoms with Crippen molar-refractivity contribution in [3.05, 3.63) is 108 Å². The van der Waals surface area contributed by atoms with E-state index in [1.54, 1.807) is 54.6 Å². The van der Waals surface area contributed by atoms with E-state index in [9.17, 15) is 21.6 Å². The molecule has 1 fully saturated rings. The molecule has 0 saturated carbocycles. The molecule has 3 aromatic carbocycles. The van der Waals surface area contributed by atoms with Gasteiger partial charge in [0.05, 0.1) is 29.6 Å². The molecule has 1 aliphatic heterocycles. The van der Waals surface area contributed by atoms with Gasteiger partial charge in [0.25, 0.3) is 0 Å². The molecule has 5 rings (SSSR count). The first-order chi connectivity index (χ1) is 20.6. The van der Waals surface area contributed by atoms with E-state index in [0.29, 0.717) is 24.5 Å². The number of benzene rings is 3. The minimum atomic E-state index is -4.10. The first-order valence-corrected chi connectivity index (χ1v) is 16.8. The Labute approximate surface area is 251 Å². The predicted octanol–water partition coefficient (Wildman–Crippen LogP) is 2.93. The Morgan fingerprint density at radius 1 is 0.930 bits per heavy atom. The van der Waals surface area contributed by atoms with Crippen LogP contribution in [0.4, 0.5) is 11.4 Å². The second-order valence-electron chi connectivity index (χ2n) is 10.3. The number of nitrogens with zero attached hydrogens (tertiary/aromatic N) is 3. The second-order valence-corrected chi connectivity index (χ2v) is 13.9. The van der Waals surface area contributed by atoms with E-state index in [1.807, 2.05) is 19.1 Å². The van der Waals surface area contributed by atoms with Gasteiger partial charge in [0.1, 0.15) is 12.4 Å². The third-order valence-electron chi connectivity index (χ3n) is 7.00. The summed E-state index contributed by atoms with van der Waals surface area (Å²) < 4.78 is 61.4. The van der Waals surface area contributed by atoms with E-state index < -0.39 is 32.0 Å². The number of hydrogen-bond acceptors (Lipinski definition) is 8. The average Bonchev–Trinajstić information content (AvgIpc) is 3.48. The Hall–Kier alpha value is -4.04. The van der Waals surface area contributed by atoms with Gasteiger partial charge in [0.15, 0.2) is 0 Å². The Balaban J connectivity index is 1.35. The Morgan fingerprint density at radius 3 is 2.28 bits per heavy atom. The highest BCUT2D eigenvalue weighted by atomic mass is 32.2. The highest BCUT2D eigenvalue weighted by Crippen LogP contribution is 2.20. The lowest BCUT2D eigenvalue weighted by atomic mass is 10.1. The van der Waals surface area contributed by atoms with Crippen molar-refractivity contribution < 1.29 is 26.4 Å². The zero-order chi connectivity index (χ0) is 30.5. The molecule has 43 heavy (non-hydrogen) atoms. The second kappa shape index (κ2) is 13.1. The molecule has 0 radical (unpaired) electrons. The summed E-state index contributed by atoms with van der Waals surface area (Å²) in [6.45, 7) is 4.66. The molecule has 0 unspecified atom stereocenters. The van der Waals surface area contributed by atoms with Crippen LogP contribution in [0.5, 0.6) is 0 Å². The van der Waals surface area contributed by atoms with Crippen LogP contribution in [0.25, 0.3) is 0 Å². The van der Waals surface area contributed by atoms with Gasteiger partial charge >= 0.3 is 0 Å². The van der Waals surface area contributed by atoms with Crippen molar-refractivity contribution in [1.82, 2.24) is 13.7 Å². The standard InChI is InChI=1S/C30H33N5O6S2/c1-23-7-13-28(14-8-23)43(39,40)33-29(30(36)32-25-9-11-27(12-10-25)34-15-17-41-18-16-34)19-26-20-35(22-31-26)42(37,38)21-24-5-3-2-4-6-24/h2-14,20,22,29,33H,15-19,21H2,1H3,(H,32,36)/t29-/m0/s1. The summed E-state index contributed by atoms with van der Waals surface area (Å²) in [5, 5.41) is 2.78. The number of amides is 1. The number of aromatic nitrogens is 2. The van der Waals surface area contributed by atoms with Crippen molar-refractivity contribution in [3.63, 3.8) is 0 Å². The van der Waals surface area contributed by atoms with Crippen molar-refractivity contribution in [2.75, 3.05) is 36.5 Å². The topological polar surface area (TPSA) is 140 Å². The van der Waals surface area contributed by atoms with Crippen LogP contribution in [0.2, 0.25) is 0 Å². The summed E-state index contributed by atoms with van der Waals surface area (Å²) in [5.74, 6) is -0.856. The minimum Gasteiger partial charge on any atom is -0.378 e. The number of hydrogen-bond donors (Lipinski definition) is 2. The molecule has 0 spiro atoms. The van der Waals surface area contributed by atoms with E-state index in [1.165, 1.54) is 18.3 Å². The van der Waals surface area contributed by atoms with E-state index in [-0.39, 0.29) is 22.8 Å². The largest absolute Gasteiger partial charge is 0.378 e. The number of sulfonamides is 1. The lowest BCUT2D eigenvalue weighted by Crippen LogP contribution is -2.45. The molecule has 0 bridgehead atoms. The molecule has 2 heterocycles. The van der Waals surface area contributed by atoms with Crippen molar-refractivity contribution >= 4 is 37.3 Å². The summed E-state index contributed by atoms with van der Waals surface area (Å²) in [5.41, 5.74) is 3.19. The fourth-order valence-electron chi connectivity index (χ4n) is 4.64. The molecule has 226 valence electrons. The molecule has 11 nitrogen and oxygen atoms in total. The zero-order valence-corrected chi connectivity index (χ0v) is 25.2. The van der Waals surface area contributed by atoms with Gasteiger partial charge in [-0.05, 0) is 48.9 Å². The van der Waals surface area contributed by atoms with E-state index >= 15 is 0 Å². The van der Waals surface area contributed by atoms with Gasteiger partial charge in [-0.15, -0.1) is 0 Å². The van der Waals surface area contributed by atoms with E-state index in [2.05, 4.69) is 19.9 Å². The lowest BCUT2D eigenvalue weighted by molar-refractivity contribution is -0.117. The van der Waals surface area contributed by atoms with Crippen LogP contribution in [0.3, 0.4) is 0 Å². The highest BCUT2D eigenvalue weighted by Gasteiger charge is 2.28. The third-order valence-corrected chi connectivity index (χ3v) is 10.0. The molecule has 1 aromatic heterocycles. The van der Waals surface area contributed by atoms with E-state index in [4.69, 9.17) is 4.74 Å². The van der Waals surface area contributed by atoms with Crippen molar-refractivity contribution in [2.24, 2.45) is 0 Å². The molecule has 1 amide bonds. The molecular formula is C30H33N5O6S2. The minimum absolute atomic E-state index is 0.00160. The van der Waals surface area contributed by atoms with Crippen LogP contribution in [0.1, 0.15) is 16.8 Å².